The molecule has 0 aliphatic carbocycles. The molecule has 2 amide bonds. The number of nitrogens with one attached hydrogen (secondary N) is 2. The largest absolute Gasteiger partial charge is 0.340 e. The van der Waals surface area contributed by atoms with Crippen molar-refractivity contribution in [1.29, 1.82) is 0 Å². The first-order valence-corrected chi connectivity index (χ1v) is 8.76. The van der Waals surface area contributed by atoms with Crippen molar-refractivity contribution in [1.82, 2.24) is 9.97 Å². The van der Waals surface area contributed by atoms with E-state index in [1.54, 1.807) is 37.1 Å². The van der Waals surface area contributed by atoms with Crippen molar-refractivity contribution in [2.75, 3.05) is 22.6 Å². The molecule has 0 saturated heterocycles. The van der Waals surface area contributed by atoms with Crippen LogP contribution in [0.4, 0.5) is 22.9 Å². The number of benzene rings is 2. The third-order valence-electron chi connectivity index (χ3n) is 3.98. The van der Waals surface area contributed by atoms with Crippen LogP contribution in [-0.2, 0) is 4.79 Å². The van der Waals surface area contributed by atoms with Gasteiger partial charge in [0.15, 0.2) is 0 Å². The van der Waals surface area contributed by atoms with Crippen molar-refractivity contribution in [2.45, 2.75) is 13.8 Å². The lowest BCUT2D eigenvalue weighted by Gasteiger charge is -2.17. The summed E-state index contributed by atoms with van der Waals surface area (Å²) in [5.41, 5.74) is 2.57. The molecule has 1 aromatic heterocycles. The number of carbonyl (C=O) groups is 2. The zero-order valence-electron chi connectivity index (χ0n) is 15.9. The highest BCUT2D eigenvalue weighted by Crippen LogP contribution is 2.20. The highest BCUT2D eigenvalue weighted by molar-refractivity contribution is 6.04. The Balaban J connectivity index is 1.79. The molecule has 0 bridgehead atoms. The van der Waals surface area contributed by atoms with Crippen LogP contribution < -0.4 is 15.5 Å². The smallest absolute Gasteiger partial charge is 0.276 e. The van der Waals surface area contributed by atoms with E-state index in [0.29, 0.717) is 23.0 Å². The number of anilines is 4. The Morgan fingerprint density at radius 1 is 0.929 bits per heavy atom. The zero-order chi connectivity index (χ0) is 20.1. The van der Waals surface area contributed by atoms with Crippen molar-refractivity contribution in [3.05, 3.63) is 72.2 Å². The lowest BCUT2D eigenvalue weighted by Crippen LogP contribution is -2.27. The Labute approximate surface area is 163 Å². The van der Waals surface area contributed by atoms with E-state index in [4.69, 9.17) is 0 Å². The highest BCUT2D eigenvalue weighted by Gasteiger charge is 2.16. The Bertz CT molecular complexity index is 987. The predicted octanol–water partition coefficient (Wildman–Crippen LogP) is 3.76. The minimum Gasteiger partial charge on any atom is -0.340 e. The minimum atomic E-state index is -0.222. The van der Waals surface area contributed by atoms with Crippen LogP contribution in [0.3, 0.4) is 0 Å². The summed E-state index contributed by atoms with van der Waals surface area (Å²) in [6.07, 6.45) is 0. The van der Waals surface area contributed by atoms with Gasteiger partial charge in [0.05, 0.1) is 0 Å². The molecule has 0 unspecified atom stereocenters. The summed E-state index contributed by atoms with van der Waals surface area (Å²) in [6, 6.07) is 18.2. The van der Waals surface area contributed by atoms with Crippen LogP contribution in [0, 0.1) is 6.92 Å². The molecule has 1 heterocycles. The van der Waals surface area contributed by atoms with Crippen LogP contribution in [0.5, 0.6) is 0 Å². The molecule has 0 aliphatic rings. The van der Waals surface area contributed by atoms with E-state index in [2.05, 4.69) is 20.6 Å². The summed E-state index contributed by atoms with van der Waals surface area (Å²) in [5.74, 6) is 0.660. The number of para-hydroxylation sites is 1. The van der Waals surface area contributed by atoms with E-state index in [-0.39, 0.29) is 11.8 Å². The van der Waals surface area contributed by atoms with Crippen LogP contribution in [0.2, 0.25) is 0 Å². The Morgan fingerprint density at radius 2 is 1.57 bits per heavy atom. The fourth-order valence-electron chi connectivity index (χ4n) is 2.67. The van der Waals surface area contributed by atoms with E-state index in [1.165, 1.54) is 6.92 Å². The van der Waals surface area contributed by atoms with Crippen molar-refractivity contribution in [2.24, 2.45) is 0 Å². The second-order valence-electron chi connectivity index (χ2n) is 6.27. The molecule has 0 fully saturated rings. The third kappa shape index (κ3) is 4.70. The fraction of sp³-hybridized carbons (Fsp3) is 0.143. The van der Waals surface area contributed by atoms with E-state index in [1.807, 2.05) is 42.5 Å². The summed E-state index contributed by atoms with van der Waals surface area (Å²) in [4.78, 5) is 34.1. The number of hydrogen-bond donors (Lipinski definition) is 2. The predicted molar refractivity (Wildman–Crippen MR) is 110 cm³/mol. The van der Waals surface area contributed by atoms with E-state index in [9.17, 15) is 9.59 Å². The Morgan fingerprint density at radius 3 is 2.21 bits per heavy atom. The molecule has 0 atom stereocenters. The molecule has 0 spiro atoms. The number of aryl methyl sites for hydroxylation is 1. The zero-order valence-corrected chi connectivity index (χ0v) is 15.9. The maximum atomic E-state index is 12.8. The first-order valence-electron chi connectivity index (χ1n) is 8.76. The molecule has 0 radical (unpaired) electrons. The second kappa shape index (κ2) is 8.30. The first-order chi connectivity index (χ1) is 13.4. The molecule has 3 aromatic rings. The van der Waals surface area contributed by atoms with Crippen LogP contribution >= 0.6 is 0 Å². The molecule has 2 N–H and O–H groups in total. The van der Waals surface area contributed by atoms with Crippen molar-refractivity contribution < 1.29 is 9.59 Å². The van der Waals surface area contributed by atoms with Gasteiger partial charge in [0, 0.05) is 37.1 Å². The molecule has 142 valence electrons. The second-order valence-corrected chi connectivity index (χ2v) is 6.27. The highest BCUT2D eigenvalue weighted by atomic mass is 16.2. The van der Waals surface area contributed by atoms with Gasteiger partial charge in [-0.2, -0.15) is 0 Å². The average molecular weight is 375 g/mol. The molecule has 0 aliphatic heterocycles. The Hall–Kier alpha value is -3.74. The molecule has 2 aromatic carbocycles. The number of nitrogens with zero attached hydrogens (tertiary/aromatic N) is 3. The standard InChI is InChI=1S/C21H21N5O2/c1-14-22-19(21(28)26(3)18-7-5-4-6-8-18)13-20(23-14)25-17-11-9-16(10-12-17)24-15(2)27/h4-13H,1-3H3,(H,24,27)(H,22,23,25). The number of aromatic nitrogens is 2. The molecule has 7 nitrogen and oxygen atoms in total. The quantitative estimate of drug-likeness (QED) is 0.709. The van der Waals surface area contributed by atoms with Gasteiger partial charge in [-0.3, -0.25) is 9.59 Å². The van der Waals surface area contributed by atoms with Gasteiger partial charge in [-0.1, -0.05) is 18.2 Å². The minimum absolute atomic E-state index is 0.127. The molecule has 28 heavy (non-hydrogen) atoms. The van der Waals surface area contributed by atoms with Gasteiger partial charge >= 0.3 is 0 Å². The third-order valence-corrected chi connectivity index (χ3v) is 3.98. The molecule has 3 rings (SSSR count). The Kier molecular flexibility index (Phi) is 5.64. The van der Waals surface area contributed by atoms with Gasteiger partial charge in [0.2, 0.25) is 5.91 Å². The number of hydrogen-bond acceptors (Lipinski definition) is 5. The number of amides is 2. The van der Waals surface area contributed by atoms with Gasteiger partial charge < -0.3 is 15.5 Å². The topological polar surface area (TPSA) is 87.2 Å². The van der Waals surface area contributed by atoms with Gasteiger partial charge in [-0.25, -0.2) is 9.97 Å². The van der Waals surface area contributed by atoms with Crippen LogP contribution in [0.1, 0.15) is 23.2 Å². The summed E-state index contributed by atoms with van der Waals surface area (Å²) in [7, 11) is 1.71. The van der Waals surface area contributed by atoms with Crippen LogP contribution in [0.25, 0.3) is 0 Å². The fourth-order valence-corrected chi connectivity index (χ4v) is 2.67. The van der Waals surface area contributed by atoms with E-state index in [0.717, 1.165) is 11.4 Å². The van der Waals surface area contributed by atoms with E-state index >= 15 is 0 Å². The summed E-state index contributed by atoms with van der Waals surface area (Å²) in [5, 5.41) is 5.88. The molecule has 0 saturated carbocycles. The summed E-state index contributed by atoms with van der Waals surface area (Å²) < 4.78 is 0. The van der Waals surface area contributed by atoms with Crippen molar-refractivity contribution in [3.63, 3.8) is 0 Å². The molecular formula is C21H21N5O2. The van der Waals surface area contributed by atoms with Crippen LogP contribution in [-0.4, -0.2) is 28.8 Å². The monoisotopic (exact) mass is 375 g/mol. The van der Waals surface area contributed by atoms with Gasteiger partial charge in [0.25, 0.3) is 5.91 Å². The van der Waals surface area contributed by atoms with Gasteiger partial charge in [-0.15, -0.1) is 0 Å². The normalized spacial score (nSPS) is 10.2. The van der Waals surface area contributed by atoms with Crippen LogP contribution in [0.15, 0.2) is 60.7 Å². The SMILES string of the molecule is CC(=O)Nc1ccc(Nc2cc(C(=O)N(C)c3ccccc3)nc(C)n2)cc1. The summed E-state index contributed by atoms with van der Waals surface area (Å²) in [6.45, 7) is 3.20. The molecular weight excluding hydrogens is 354 g/mol. The first kappa shape index (κ1) is 19.0. The van der Waals surface area contributed by atoms with E-state index < -0.39 is 0 Å². The lowest BCUT2D eigenvalue weighted by atomic mass is 10.2. The maximum absolute atomic E-state index is 12.8. The molecule has 7 heteroatoms. The number of carbonyl (C=O) groups excluding carboxylic acids is 2. The van der Waals surface area contributed by atoms with Gasteiger partial charge in [0.1, 0.15) is 17.3 Å². The number of rotatable bonds is 5. The van der Waals surface area contributed by atoms with Gasteiger partial charge in [-0.05, 0) is 43.3 Å². The average Bonchev–Trinajstić information content (AvgIpc) is 2.68. The maximum Gasteiger partial charge on any atom is 0.276 e. The van der Waals surface area contributed by atoms with Crippen molar-refractivity contribution in [3.8, 4) is 0 Å². The lowest BCUT2D eigenvalue weighted by molar-refractivity contribution is -0.114. The van der Waals surface area contributed by atoms with Crippen molar-refractivity contribution >= 4 is 34.7 Å². The summed E-state index contributed by atoms with van der Waals surface area (Å²) >= 11 is 0.